The van der Waals surface area contributed by atoms with Gasteiger partial charge >= 0.3 is 0 Å². The van der Waals surface area contributed by atoms with Crippen molar-refractivity contribution >= 4 is 40.3 Å². The van der Waals surface area contributed by atoms with Gasteiger partial charge in [-0.1, -0.05) is 15.9 Å². The molecule has 0 saturated carbocycles. The first kappa shape index (κ1) is 19.0. The summed E-state index contributed by atoms with van der Waals surface area (Å²) in [5.41, 5.74) is 0.895. The number of nitrogens with one attached hydrogen (secondary N) is 1. The molecule has 0 radical (unpaired) electrons. The molecule has 1 saturated heterocycles. The van der Waals surface area contributed by atoms with Crippen molar-refractivity contribution in [2.24, 2.45) is 5.92 Å². The lowest BCUT2D eigenvalue weighted by Gasteiger charge is -2.14. The fourth-order valence-electron chi connectivity index (χ4n) is 2.59. The van der Waals surface area contributed by atoms with Crippen molar-refractivity contribution in [1.82, 2.24) is 10.2 Å². The fraction of sp³-hybridized carbons (Fsp3) is 0.438. The minimum absolute atomic E-state index is 0. The maximum atomic E-state index is 12.2. The smallest absolute Gasteiger partial charge is 0.246 e. The number of carbonyl (C=O) groups is 1. The molecule has 2 rings (SSSR count). The Balaban J connectivity index is 0.00000242. The van der Waals surface area contributed by atoms with Crippen molar-refractivity contribution in [2.45, 2.75) is 6.42 Å². The van der Waals surface area contributed by atoms with Crippen LogP contribution >= 0.6 is 28.3 Å². The zero-order chi connectivity index (χ0) is 15.2. The van der Waals surface area contributed by atoms with E-state index in [0.29, 0.717) is 5.92 Å². The van der Waals surface area contributed by atoms with Gasteiger partial charge in [0.15, 0.2) is 0 Å². The second-order valence-corrected chi connectivity index (χ2v) is 6.13. The lowest BCUT2D eigenvalue weighted by atomic mass is 10.1. The molecule has 1 aliphatic rings. The van der Waals surface area contributed by atoms with Gasteiger partial charge < -0.3 is 15.0 Å². The van der Waals surface area contributed by atoms with E-state index < -0.39 is 0 Å². The quantitative estimate of drug-likeness (QED) is 0.787. The van der Waals surface area contributed by atoms with Gasteiger partial charge in [0.2, 0.25) is 5.91 Å². The molecule has 6 heteroatoms. The minimum atomic E-state index is 0. The second kappa shape index (κ2) is 9.18. The summed E-state index contributed by atoms with van der Waals surface area (Å²) in [6, 6.07) is 5.74. The number of hydrogen-bond acceptors (Lipinski definition) is 3. The van der Waals surface area contributed by atoms with Gasteiger partial charge in [0, 0.05) is 29.2 Å². The number of carbonyl (C=O) groups excluding carboxylic acids is 1. The molecule has 1 unspecified atom stereocenters. The minimum Gasteiger partial charge on any atom is -0.496 e. The Morgan fingerprint density at radius 1 is 1.55 bits per heavy atom. The van der Waals surface area contributed by atoms with Crippen LogP contribution in [0.5, 0.6) is 5.75 Å². The van der Waals surface area contributed by atoms with Crippen LogP contribution in [0, 0.1) is 5.92 Å². The normalized spacial score (nSPS) is 17.6. The van der Waals surface area contributed by atoms with Crippen LogP contribution in [-0.4, -0.2) is 44.6 Å². The Labute approximate surface area is 146 Å². The maximum absolute atomic E-state index is 12.2. The molecule has 1 N–H and O–H groups in total. The van der Waals surface area contributed by atoms with Crippen molar-refractivity contribution < 1.29 is 9.53 Å². The third-order valence-electron chi connectivity index (χ3n) is 3.69. The Bertz CT molecular complexity index is 537. The molecule has 22 heavy (non-hydrogen) atoms. The highest BCUT2D eigenvalue weighted by Gasteiger charge is 2.24. The van der Waals surface area contributed by atoms with Crippen molar-refractivity contribution in [2.75, 3.05) is 33.8 Å². The highest BCUT2D eigenvalue weighted by molar-refractivity contribution is 9.10. The van der Waals surface area contributed by atoms with Crippen LogP contribution in [0.3, 0.4) is 0 Å². The highest BCUT2D eigenvalue weighted by Crippen LogP contribution is 2.24. The summed E-state index contributed by atoms with van der Waals surface area (Å²) < 4.78 is 6.27. The van der Waals surface area contributed by atoms with Crippen molar-refractivity contribution in [1.29, 1.82) is 0 Å². The Hall–Kier alpha value is -1.04. The van der Waals surface area contributed by atoms with Gasteiger partial charge in [0.05, 0.1) is 7.11 Å². The van der Waals surface area contributed by atoms with Crippen LogP contribution in [0.4, 0.5) is 0 Å². The van der Waals surface area contributed by atoms with E-state index in [-0.39, 0.29) is 18.3 Å². The molecule has 0 bridgehead atoms. The van der Waals surface area contributed by atoms with Crippen molar-refractivity contribution in [3.8, 4) is 5.75 Å². The predicted molar refractivity (Wildman–Crippen MR) is 95.6 cm³/mol. The third-order valence-corrected chi connectivity index (χ3v) is 4.18. The van der Waals surface area contributed by atoms with E-state index in [9.17, 15) is 4.79 Å². The zero-order valence-corrected chi connectivity index (χ0v) is 15.2. The molecular formula is C16H22BrClN2O2. The Kier molecular flexibility index (Phi) is 7.93. The van der Waals surface area contributed by atoms with Crippen molar-refractivity contribution in [3.63, 3.8) is 0 Å². The molecule has 1 amide bonds. The summed E-state index contributed by atoms with van der Waals surface area (Å²) in [5, 5.41) is 3.17. The maximum Gasteiger partial charge on any atom is 0.246 e. The van der Waals surface area contributed by atoms with E-state index in [1.54, 1.807) is 13.2 Å². The molecule has 0 spiro atoms. The molecule has 1 heterocycles. The van der Waals surface area contributed by atoms with E-state index in [1.165, 1.54) is 0 Å². The lowest BCUT2D eigenvalue weighted by molar-refractivity contribution is -0.125. The topological polar surface area (TPSA) is 41.6 Å². The molecule has 1 atom stereocenters. The highest BCUT2D eigenvalue weighted by atomic mass is 79.9. The summed E-state index contributed by atoms with van der Waals surface area (Å²) in [6.45, 7) is 2.64. The largest absolute Gasteiger partial charge is 0.496 e. The van der Waals surface area contributed by atoms with Crippen LogP contribution in [0.15, 0.2) is 28.7 Å². The molecule has 1 aromatic carbocycles. The number of rotatable bonds is 5. The van der Waals surface area contributed by atoms with Crippen LogP contribution in [-0.2, 0) is 4.79 Å². The molecular weight excluding hydrogens is 368 g/mol. The number of nitrogens with zero attached hydrogens (tertiary/aromatic N) is 1. The number of ether oxygens (including phenoxy) is 1. The van der Waals surface area contributed by atoms with Crippen LogP contribution in [0.2, 0.25) is 0 Å². The molecule has 4 nitrogen and oxygen atoms in total. The first-order valence-electron chi connectivity index (χ1n) is 7.09. The molecule has 0 aromatic heterocycles. The van der Waals surface area contributed by atoms with Gasteiger partial charge in [-0.2, -0.15) is 0 Å². The van der Waals surface area contributed by atoms with Gasteiger partial charge in [-0.05, 0) is 50.2 Å². The zero-order valence-electron chi connectivity index (χ0n) is 12.8. The van der Waals surface area contributed by atoms with Crippen LogP contribution < -0.4 is 10.1 Å². The number of benzene rings is 1. The average molecular weight is 390 g/mol. The lowest BCUT2D eigenvalue weighted by Crippen LogP contribution is -2.28. The summed E-state index contributed by atoms with van der Waals surface area (Å²) in [7, 11) is 3.58. The van der Waals surface area contributed by atoms with Crippen molar-refractivity contribution in [3.05, 3.63) is 34.3 Å². The van der Waals surface area contributed by atoms with Crippen LogP contribution in [0.1, 0.15) is 12.0 Å². The van der Waals surface area contributed by atoms with Gasteiger partial charge in [0.1, 0.15) is 5.75 Å². The summed E-state index contributed by atoms with van der Waals surface area (Å²) in [6.07, 6.45) is 4.52. The van der Waals surface area contributed by atoms with E-state index in [0.717, 1.165) is 41.8 Å². The monoisotopic (exact) mass is 388 g/mol. The molecule has 0 aliphatic carbocycles. The number of likely N-dealkylation sites (tertiary alicyclic amines) is 1. The van der Waals surface area contributed by atoms with E-state index in [4.69, 9.17) is 4.74 Å². The third kappa shape index (κ3) is 5.00. The molecule has 1 aromatic rings. The second-order valence-electron chi connectivity index (χ2n) is 5.22. The SMILES string of the molecule is CNCC1CCN(C(=O)/C=C/c2cc(Br)ccc2OC)C1.Cl. The molecule has 1 aliphatic heterocycles. The van der Waals surface area contributed by atoms with E-state index in [1.807, 2.05) is 36.2 Å². The van der Waals surface area contributed by atoms with Gasteiger partial charge in [-0.25, -0.2) is 0 Å². The molecule has 1 fully saturated rings. The standard InChI is InChI=1S/C16H21BrN2O2.ClH/c1-18-10-12-7-8-19(11-12)16(20)6-3-13-9-14(17)4-5-15(13)21-2;/h3-6,9,12,18H,7-8,10-11H2,1-2H3;1H/b6-3+;. The summed E-state index contributed by atoms with van der Waals surface area (Å²) >= 11 is 3.43. The van der Waals surface area contributed by atoms with E-state index >= 15 is 0 Å². The first-order chi connectivity index (χ1) is 10.1. The molecule has 122 valence electrons. The number of amides is 1. The van der Waals surface area contributed by atoms with Gasteiger partial charge in [-0.15, -0.1) is 12.4 Å². The summed E-state index contributed by atoms with van der Waals surface area (Å²) in [5.74, 6) is 1.39. The average Bonchev–Trinajstić information content (AvgIpc) is 2.94. The number of hydrogen-bond donors (Lipinski definition) is 1. The van der Waals surface area contributed by atoms with E-state index in [2.05, 4.69) is 21.2 Å². The fourth-order valence-corrected chi connectivity index (χ4v) is 2.97. The number of methoxy groups -OCH3 is 1. The first-order valence-corrected chi connectivity index (χ1v) is 7.88. The van der Waals surface area contributed by atoms with Gasteiger partial charge in [0.25, 0.3) is 0 Å². The Morgan fingerprint density at radius 2 is 2.32 bits per heavy atom. The van der Waals surface area contributed by atoms with Gasteiger partial charge in [-0.3, -0.25) is 4.79 Å². The predicted octanol–water partition coefficient (Wildman–Crippen LogP) is 2.96. The van der Waals surface area contributed by atoms with Crippen LogP contribution in [0.25, 0.3) is 6.08 Å². The Morgan fingerprint density at radius 3 is 3.00 bits per heavy atom. The summed E-state index contributed by atoms with van der Waals surface area (Å²) in [4.78, 5) is 14.1. The number of halogens is 2.